The lowest BCUT2D eigenvalue weighted by atomic mass is 10.1. The Morgan fingerprint density at radius 1 is 1.11 bits per heavy atom. The molecule has 3 heteroatoms. The van der Waals surface area contributed by atoms with E-state index in [-0.39, 0.29) is 6.61 Å². The van der Waals surface area contributed by atoms with Crippen molar-refractivity contribution in [3.05, 3.63) is 47.8 Å². The molecular formula is C16H22N2O. The summed E-state index contributed by atoms with van der Waals surface area (Å²) in [6.07, 6.45) is 4.95. The lowest BCUT2D eigenvalue weighted by molar-refractivity contribution is 0.284. The van der Waals surface area contributed by atoms with Crippen LogP contribution in [0.2, 0.25) is 0 Å². The molecule has 0 radical (unpaired) electrons. The van der Waals surface area contributed by atoms with Crippen molar-refractivity contribution >= 4 is 0 Å². The maximum Gasteiger partial charge on any atom is 0.0648 e. The summed E-state index contributed by atoms with van der Waals surface area (Å²) in [5, 5.41) is 13.6. The fourth-order valence-electron chi connectivity index (χ4n) is 2.24. The van der Waals surface area contributed by atoms with E-state index in [9.17, 15) is 0 Å². The zero-order valence-corrected chi connectivity index (χ0v) is 11.5. The molecule has 1 N–H and O–H groups in total. The van der Waals surface area contributed by atoms with Crippen molar-refractivity contribution in [3.8, 4) is 5.69 Å². The van der Waals surface area contributed by atoms with E-state index < -0.39 is 0 Å². The molecule has 0 saturated heterocycles. The largest absolute Gasteiger partial charge is 0.396 e. The Kier molecular flexibility index (Phi) is 5.16. The molecule has 0 aliphatic rings. The molecule has 1 heterocycles. The Morgan fingerprint density at radius 3 is 2.58 bits per heavy atom. The number of rotatable bonds is 7. The van der Waals surface area contributed by atoms with Crippen molar-refractivity contribution in [1.82, 2.24) is 9.78 Å². The predicted octanol–water partition coefficient (Wildman–Crippen LogP) is 3.14. The molecule has 0 unspecified atom stereocenters. The van der Waals surface area contributed by atoms with Crippen molar-refractivity contribution in [2.24, 2.45) is 0 Å². The summed E-state index contributed by atoms with van der Waals surface area (Å²) in [5.41, 5.74) is 3.51. The van der Waals surface area contributed by atoms with Crippen molar-refractivity contribution < 1.29 is 5.11 Å². The number of unbranched alkanes of at least 4 members (excludes halogenated alkanes) is 1. The highest BCUT2D eigenvalue weighted by molar-refractivity contribution is 5.33. The predicted molar refractivity (Wildman–Crippen MR) is 77.6 cm³/mol. The van der Waals surface area contributed by atoms with Gasteiger partial charge in [0.15, 0.2) is 0 Å². The van der Waals surface area contributed by atoms with Gasteiger partial charge in [0.05, 0.1) is 11.4 Å². The molecule has 0 atom stereocenters. The minimum absolute atomic E-state index is 0.265. The number of aliphatic hydroxyl groups excluding tert-OH is 1. The molecule has 2 rings (SSSR count). The standard InChI is InChI=1S/C16H22N2O/c1-2-8-14-13-16(11-6-7-12-19)18(17-14)15-9-4-3-5-10-15/h3-5,9-10,13,19H,2,6-8,11-12H2,1H3. The Labute approximate surface area is 114 Å². The molecule has 0 amide bonds. The Balaban J connectivity index is 2.23. The van der Waals surface area contributed by atoms with Gasteiger partial charge in [0, 0.05) is 12.3 Å². The fraction of sp³-hybridized carbons (Fsp3) is 0.438. The summed E-state index contributed by atoms with van der Waals surface area (Å²) in [5.74, 6) is 0. The molecule has 0 aliphatic carbocycles. The first-order valence-electron chi connectivity index (χ1n) is 7.09. The van der Waals surface area contributed by atoms with Gasteiger partial charge in [-0.1, -0.05) is 31.5 Å². The van der Waals surface area contributed by atoms with E-state index in [1.54, 1.807) is 0 Å². The number of hydrogen-bond donors (Lipinski definition) is 1. The van der Waals surface area contributed by atoms with Crippen molar-refractivity contribution in [2.75, 3.05) is 6.61 Å². The van der Waals surface area contributed by atoms with Crippen LogP contribution in [0.25, 0.3) is 5.69 Å². The van der Waals surface area contributed by atoms with Crippen LogP contribution in [-0.2, 0) is 12.8 Å². The van der Waals surface area contributed by atoms with Crippen LogP contribution in [0.5, 0.6) is 0 Å². The maximum atomic E-state index is 8.90. The zero-order valence-electron chi connectivity index (χ0n) is 11.5. The lowest BCUT2D eigenvalue weighted by Crippen LogP contribution is -2.02. The van der Waals surface area contributed by atoms with E-state index in [2.05, 4.69) is 25.1 Å². The second-order valence-electron chi connectivity index (χ2n) is 4.81. The van der Waals surface area contributed by atoms with Crippen molar-refractivity contribution in [3.63, 3.8) is 0 Å². The van der Waals surface area contributed by atoms with Crippen LogP contribution in [0.4, 0.5) is 0 Å². The third kappa shape index (κ3) is 3.67. The number of hydrogen-bond acceptors (Lipinski definition) is 2. The summed E-state index contributed by atoms with van der Waals surface area (Å²) in [7, 11) is 0. The molecule has 1 aromatic heterocycles. The van der Waals surface area contributed by atoms with E-state index >= 15 is 0 Å². The molecule has 0 aliphatic heterocycles. The van der Waals surface area contributed by atoms with E-state index in [1.165, 1.54) is 5.69 Å². The third-order valence-electron chi connectivity index (χ3n) is 3.18. The van der Waals surface area contributed by atoms with Crippen molar-refractivity contribution in [2.45, 2.75) is 39.0 Å². The third-order valence-corrected chi connectivity index (χ3v) is 3.18. The Morgan fingerprint density at radius 2 is 1.89 bits per heavy atom. The number of benzene rings is 1. The highest BCUT2D eigenvalue weighted by atomic mass is 16.2. The number of para-hydroxylation sites is 1. The number of nitrogens with zero attached hydrogens (tertiary/aromatic N) is 2. The first-order valence-corrected chi connectivity index (χ1v) is 7.09. The van der Waals surface area contributed by atoms with Crippen LogP contribution >= 0.6 is 0 Å². The molecule has 102 valence electrons. The first-order chi connectivity index (χ1) is 9.35. The summed E-state index contributed by atoms with van der Waals surface area (Å²) in [6, 6.07) is 12.5. The minimum Gasteiger partial charge on any atom is -0.396 e. The van der Waals surface area contributed by atoms with Gasteiger partial charge >= 0.3 is 0 Å². The lowest BCUT2D eigenvalue weighted by Gasteiger charge is -2.06. The zero-order chi connectivity index (χ0) is 13.5. The number of aliphatic hydroxyl groups is 1. The second-order valence-corrected chi connectivity index (χ2v) is 4.81. The second kappa shape index (κ2) is 7.10. The van der Waals surface area contributed by atoms with Crippen LogP contribution < -0.4 is 0 Å². The van der Waals surface area contributed by atoms with Gasteiger partial charge in [-0.2, -0.15) is 5.10 Å². The van der Waals surface area contributed by atoms with Crippen LogP contribution in [0.15, 0.2) is 36.4 Å². The summed E-state index contributed by atoms with van der Waals surface area (Å²) in [6.45, 7) is 2.44. The van der Waals surface area contributed by atoms with Gasteiger partial charge in [0.1, 0.15) is 0 Å². The van der Waals surface area contributed by atoms with E-state index in [0.29, 0.717) is 0 Å². The quantitative estimate of drug-likeness (QED) is 0.775. The Bertz CT molecular complexity index is 491. The van der Waals surface area contributed by atoms with Gasteiger partial charge in [0.2, 0.25) is 0 Å². The van der Waals surface area contributed by atoms with E-state index in [4.69, 9.17) is 10.2 Å². The van der Waals surface area contributed by atoms with Crippen LogP contribution in [0.3, 0.4) is 0 Å². The maximum absolute atomic E-state index is 8.90. The van der Waals surface area contributed by atoms with Gasteiger partial charge in [-0.3, -0.25) is 0 Å². The molecule has 2 aromatic rings. The summed E-state index contributed by atoms with van der Waals surface area (Å²) in [4.78, 5) is 0. The van der Waals surface area contributed by atoms with Gasteiger partial charge in [0.25, 0.3) is 0 Å². The molecule has 0 fully saturated rings. The van der Waals surface area contributed by atoms with Gasteiger partial charge in [-0.15, -0.1) is 0 Å². The highest BCUT2D eigenvalue weighted by Gasteiger charge is 2.08. The molecule has 0 spiro atoms. The fourth-order valence-corrected chi connectivity index (χ4v) is 2.24. The number of aryl methyl sites for hydroxylation is 2. The summed E-state index contributed by atoms with van der Waals surface area (Å²) >= 11 is 0. The van der Waals surface area contributed by atoms with Crippen molar-refractivity contribution in [1.29, 1.82) is 0 Å². The minimum atomic E-state index is 0.265. The average Bonchev–Trinajstić information content (AvgIpc) is 2.84. The van der Waals surface area contributed by atoms with Gasteiger partial charge in [-0.05, 0) is 43.9 Å². The average molecular weight is 258 g/mol. The summed E-state index contributed by atoms with van der Waals surface area (Å²) < 4.78 is 2.04. The van der Waals surface area contributed by atoms with E-state index in [0.717, 1.165) is 43.5 Å². The molecule has 1 aromatic carbocycles. The SMILES string of the molecule is CCCc1cc(CCCCO)n(-c2ccccc2)n1. The highest BCUT2D eigenvalue weighted by Crippen LogP contribution is 2.15. The molecule has 19 heavy (non-hydrogen) atoms. The van der Waals surface area contributed by atoms with Crippen LogP contribution in [-0.4, -0.2) is 21.5 Å². The number of aromatic nitrogens is 2. The first kappa shape index (κ1) is 13.8. The molecule has 0 saturated carbocycles. The van der Waals surface area contributed by atoms with Gasteiger partial charge < -0.3 is 5.11 Å². The smallest absolute Gasteiger partial charge is 0.0648 e. The van der Waals surface area contributed by atoms with Crippen LogP contribution in [0, 0.1) is 0 Å². The van der Waals surface area contributed by atoms with Crippen LogP contribution in [0.1, 0.15) is 37.6 Å². The molecular weight excluding hydrogens is 236 g/mol. The van der Waals surface area contributed by atoms with E-state index in [1.807, 2.05) is 22.9 Å². The topological polar surface area (TPSA) is 38.0 Å². The normalized spacial score (nSPS) is 10.8. The Hall–Kier alpha value is -1.61. The van der Waals surface area contributed by atoms with Gasteiger partial charge in [-0.25, -0.2) is 4.68 Å². The molecule has 0 bridgehead atoms. The monoisotopic (exact) mass is 258 g/mol. The molecule has 3 nitrogen and oxygen atoms in total.